The van der Waals surface area contributed by atoms with E-state index >= 15 is 0 Å². The molecule has 92 heavy (non-hydrogen) atoms. The van der Waals surface area contributed by atoms with E-state index in [1.807, 2.05) is 0 Å². The standard InChI is InChI=1S/C88H67BN2O/c1-87(2,3)64-51-73(58-31-15-9-16-32-58)86(74(52-64)59-33-17-10-18-34-59)91-79-50-60(83-69-37-19-21-39-71(69)84(72-40-22-20-38-70(72)83)63-48-61(56-27-11-7-12-28-56)47-62(49-63)57-29-13-8-14-30-57)43-45-75(79)89-76-46-44-66(90-77-41-25-23-35-67(77)68-36-24-26-42-78(68)90)55-81(76)92-82-54-65(88(4,5)6)53-80(91)85(82)89/h7-55H,1-6H3. The van der Waals surface area contributed by atoms with Crippen LogP contribution in [0.3, 0.4) is 0 Å². The maximum absolute atomic E-state index is 7.58. The van der Waals surface area contributed by atoms with Gasteiger partial charge in [0.2, 0.25) is 0 Å². The minimum Gasteiger partial charge on any atom is -0.458 e. The van der Waals surface area contributed by atoms with Gasteiger partial charge in [0.05, 0.1) is 16.7 Å². The Bertz CT molecular complexity index is 5210. The lowest BCUT2D eigenvalue weighted by Crippen LogP contribution is -2.59. The van der Waals surface area contributed by atoms with Crippen molar-refractivity contribution in [2.45, 2.75) is 52.4 Å². The first-order chi connectivity index (χ1) is 44.9. The highest BCUT2D eigenvalue weighted by molar-refractivity contribution is 6.99. The van der Waals surface area contributed by atoms with Crippen molar-refractivity contribution in [3.05, 3.63) is 308 Å². The van der Waals surface area contributed by atoms with E-state index < -0.39 is 0 Å². The number of anilines is 3. The number of ether oxygens (including phenoxy) is 1. The van der Waals surface area contributed by atoms with Gasteiger partial charge in [-0.1, -0.05) is 266 Å². The van der Waals surface area contributed by atoms with Crippen LogP contribution in [0.5, 0.6) is 11.5 Å². The summed E-state index contributed by atoms with van der Waals surface area (Å²) >= 11 is 0. The van der Waals surface area contributed by atoms with E-state index in [0.717, 1.165) is 56.4 Å². The van der Waals surface area contributed by atoms with E-state index in [1.54, 1.807) is 0 Å². The summed E-state index contributed by atoms with van der Waals surface area (Å²) in [5.41, 5.74) is 26.5. The molecule has 17 rings (SSSR count). The normalized spacial score (nSPS) is 12.7. The summed E-state index contributed by atoms with van der Waals surface area (Å²) in [7, 11) is 0. The third-order valence-corrected chi connectivity index (χ3v) is 19.5. The van der Waals surface area contributed by atoms with Crippen LogP contribution in [0.1, 0.15) is 52.7 Å². The summed E-state index contributed by atoms with van der Waals surface area (Å²) in [4.78, 5) is 2.65. The third-order valence-electron chi connectivity index (χ3n) is 19.5. The quantitative estimate of drug-likeness (QED) is 0.111. The first-order valence-electron chi connectivity index (χ1n) is 32.3. The molecule has 3 nitrogen and oxygen atoms in total. The molecule has 0 saturated carbocycles. The molecule has 0 spiro atoms. The van der Waals surface area contributed by atoms with E-state index in [2.05, 4.69) is 348 Å². The number of nitrogens with zero attached hydrogens (tertiary/aromatic N) is 2. The molecular formula is C88H67BN2O. The third kappa shape index (κ3) is 9.02. The smallest absolute Gasteiger partial charge is 0.256 e. The second-order valence-corrected chi connectivity index (χ2v) is 27.2. The summed E-state index contributed by atoms with van der Waals surface area (Å²) in [6, 6.07) is 111. The van der Waals surface area contributed by atoms with Crippen molar-refractivity contribution in [3.8, 4) is 83.9 Å². The lowest BCUT2D eigenvalue weighted by atomic mass is 9.34. The van der Waals surface area contributed by atoms with Crippen LogP contribution in [-0.4, -0.2) is 11.3 Å². The Labute approximate surface area is 539 Å². The Hall–Kier alpha value is -10.9. The van der Waals surface area contributed by atoms with Gasteiger partial charge >= 0.3 is 0 Å². The van der Waals surface area contributed by atoms with Crippen molar-refractivity contribution in [1.82, 2.24) is 4.57 Å². The van der Waals surface area contributed by atoms with Gasteiger partial charge in [0.15, 0.2) is 0 Å². The fourth-order valence-electron chi connectivity index (χ4n) is 15.0. The Morgan fingerprint density at radius 1 is 0.304 bits per heavy atom. The van der Waals surface area contributed by atoms with E-state index in [0.29, 0.717) is 0 Å². The van der Waals surface area contributed by atoms with Crippen molar-refractivity contribution < 1.29 is 4.74 Å². The fraction of sp³-hybridized carbons (Fsp3) is 0.0909. The molecule has 0 fully saturated rings. The predicted octanol–water partition coefficient (Wildman–Crippen LogP) is 22.1. The second-order valence-electron chi connectivity index (χ2n) is 27.2. The SMILES string of the molecule is CC(C)(C)c1cc(-c2ccccc2)c(N2c3cc(-c4c5ccccc5c(-c5cc(-c6ccccc6)cc(-c6ccccc6)c5)c5ccccc45)ccc3B3c4ccc(-n5c6ccccc6c6ccccc65)cc4Oc4cc(C(C)(C)C)cc2c43)c(-c2ccccc2)c1. The van der Waals surface area contributed by atoms with Crippen LogP contribution < -0.4 is 26.0 Å². The monoisotopic (exact) mass is 1180 g/mol. The summed E-state index contributed by atoms with van der Waals surface area (Å²) in [5.74, 6) is 1.75. The zero-order valence-corrected chi connectivity index (χ0v) is 52.7. The first-order valence-corrected chi connectivity index (χ1v) is 32.3. The van der Waals surface area contributed by atoms with Gasteiger partial charge in [-0.25, -0.2) is 0 Å². The molecule has 3 heterocycles. The van der Waals surface area contributed by atoms with Crippen LogP contribution in [-0.2, 0) is 10.8 Å². The molecule has 0 atom stereocenters. The topological polar surface area (TPSA) is 17.4 Å². The lowest BCUT2D eigenvalue weighted by molar-refractivity contribution is 0.483. The molecule has 15 aromatic rings. The highest BCUT2D eigenvalue weighted by atomic mass is 16.5. The van der Waals surface area contributed by atoms with Gasteiger partial charge in [0.1, 0.15) is 11.5 Å². The van der Waals surface area contributed by atoms with Gasteiger partial charge in [0.25, 0.3) is 6.71 Å². The zero-order chi connectivity index (χ0) is 62.0. The molecule has 0 radical (unpaired) electrons. The fourth-order valence-corrected chi connectivity index (χ4v) is 15.0. The van der Waals surface area contributed by atoms with Crippen molar-refractivity contribution in [2.75, 3.05) is 4.90 Å². The molecular weight excluding hydrogens is 1110 g/mol. The lowest BCUT2D eigenvalue weighted by Gasteiger charge is -2.43. The maximum Gasteiger partial charge on any atom is 0.256 e. The van der Waals surface area contributed by atoms with Crippen LogP contribution >= 0.6 is 0 Å². The summed E-state index contributed by atoms with van der Waals surface area (Å²) in [6.45, 7) is 13.8. The molecule has 14 aromatic carbocycles. The Morgan fingerprint density at radius 2 is 0.728 bits per heavy atom. The molecule has 4 heteroatoms. The number of benzene rings is 14. The molecule has 1 aromatic heterocycles. The molecule has 2 aliphatic heterocycles. The molecule has 0 amide bonds. The summed E-state index contributed by atoms with van der Waals surface area (Å²) < 4.78 is 9.98. The van der Waals surface area contributed by atoms with Crippen LogP contribution in [0.25, 0.3) is 116 Å². The summed E-state index contributed by atoms with van der Waals surface area (Å²) in [5, 5.41) is 7.27. The predicted molar refractivity (Wildman–Crippen MR) is 392 cm³/mol. The molecule has 0 aliphatic carbocycles. The number of aromatic nitrogens is 1. The molecule has 0 unspecified atom stereocenters. The van der Waals surface area contributed by atoms with Gasteiger partial charge in [-0.2, -0.15) is 0 Å². The van der Waals surface area contributed by atoms with Gasteiger partial charge in [-0.3, -0.25) is 0 Å². The van der Waals surface area contributed by atoms with Gasteiger partial charge < -0.3 is 14.2 Å². The first kappa shape index (κ1) is 55.2. The molecule has 0 saturated heterocycles. The number of rotatable bonds is 8. The zero-order valence-electron chi connectivity index (χ0n) is 52.7. The second kappa shape index (κ2) is 21.4. The number of para-hydroxylation sites is 2. The van der Waals surface area contributed by atoms with E-state index in [1.165, 1.54) is 115 Å². The molecule has 438 valence electrons. The van der Waals surface area contributed by atoms with Crippen LogP contribution in [0.2, 0.25) is 0 Å². The van der Waals surface area contributed by atoms with Crippen molar-refractivity contribution in [3.63, 3.8) is 0 Å². The Kier molecular flexibility index (Phi) is 12.8. The molecule has 0 bridgehead atoms. The minimum absolute atomic E-state index is 0.162. The largest absolute Gasteiger partial charge is 0.458 e. The number of fused-ring (bicyclic) bond motifs is 9. The van der Waals surface area contributed by atoms with Gasteiger partial charge in [-0.05, 0) is 182 Å². The average Bonchev–Trinajstić information content (AvgIpc) is 0.867. The van der Waals surface area contributed by atoms with Crippen molar-refractivity contribution in [1.29, 1.82) is 0 Å². The molecule has 0 N–H and O–H groups in total. The van der Waals surface area contributed by atoms with Crippen LogP contribution in [0.4, 0.5) is 17.1 Å². The van der Waals surface area contributed by atoms with Gasteiger partial charge in [-0.15, -0.1) is 0 Å². The van der Waals surface area contributed by atoms with Gasteiger partial charge in [0, 0.05) is 45.0 Å². The highest BCUT2D eigenvalue weighted by Gasteiger charge is 2.44. The van der Waals surface area contributed by atoms with Crippen LogP contribution in [0.15, 0.2) is 297 Å². The summed E-state index contributed by atoms with van der Waals surface area (Å²) in [6.07, 6.45) is 0. The average molecular weight is 1180 g/mol. The Morgan fingerprint density at radius 3 is 1.23 bits per heavy atom. The van der Waals surface area contributed by atoms with E-state index in [-0.39, 0.29) is 17.5 Å². The van der Waals surface area contributed by atoms with Crippen molar-refractivity contribution >= 4 is 83.5 Å². The van der Waals surface area contributed by atoms with Crippen LogP contribution in [0, 0.1) is 0 Å². The Balaban J connectivity index is 0.967. The number of hydrogen-bond acceptors (Lipinski definition) is 2. The molecule has 2 aliphatic rings. The number of hydrogen-bond donors (Lipinski definition) is 0. The van der Waals surface area contributed by atoms with E-state index in [9.17, 15) is 0 Å². The van der Waals surface area contributed by atoms with Crippen molar-refractivity contribution in [2.24, 2.45) is 0 Å². The van der Waals surface area contributed by atoms with E-state index in [4.69, 9.17) is 4.74 Å². The minimum atomic E-state index is -0.244. The maximum atomic E-state index is 7.58. The highest BCUT2D eigenvalue weighted by Crippen LogP contribution is 2.53.